The third-order valence-electron chi connectivity index (χ3n) is 4.27. The quantitative estimate of drug-likeness (QED) is 0.479. The highest BCUT2D eigenvalue weighted by Crippen LogP contribution is 2.21. The number of furan rings is 1. The van der Waals surface area contributed by atoms with E-state index in [4.69, 9.17) is 13.7 Å². The molecule has 0 N–H and O–H groups in total. The summed E-state index contributed by atoms with van der Waals surface area (Å²) in [6.07, 6.45) is 3.75. The summed E-state index contributed by atoms with van der Waals surface area (Å²) in [5.41, 5.74) is 3.24. The number of aryl methyl sites for hydroxylation is 2. The molecule has 0 atom stereocenters. The van der Waals surface area contributed by atoms with Gasteiger partial charge in [0.15, 0.2) is 5.76 Å². The van der Waals surface area contributed by atoms with Crippen molar-refractivity contribution in [2.24, 2.45) is 0 Å². The van der Waals surface area contributed by atoms with Crippen molar-refractivity contribution in [1.82, 2.24) is 24.7 Å². The van der Waals surface area contributed by atoms with Crippen molar-refractivity contribution >= 4 is 11.7 Å². The second kappa shape index (κ2) is 7.02. The normalized spacial score (nSPS) is 11.2. The molecule has 9 heteroatoms. The zero-order chi connectivity index (χ0) is 18.8. The number of aromatic nitrogens is 5. The highest BCUT2D eigenvalue weighted by molar-refractivity contribution is 5.69. The first-order valence-electron chi connectivity index (χ1n) is 8.42. The van der Waals surface area contributed by atoms with Gasteiger partial charge in [0.05, 0.1) is 6.26 Å². The fraction of sp³-hybridized carbons (Fsp3) is 0.278. The highest BCUT2D eigenvalue weighted by atomic mass is 16.5. The minimum Gasteiger partial charge on any atom is -0.461 e. The van der Waals surface area contributed by atoms with Crippen LogP contribution in [0.4, 0.5) is 0 Å². The van der Waals surface area contributed by atoms with Crippen LogP contribution in [0.5, 0.6) is 0 Å². The van der Waals surface area contributed by atoms with Gasteiger partial charge in [0, 0.05) is 23.9 Å². The maximum atomic E-state index is 12.1. The second-order valence-electron chi connectivity index (χ2n) is 6.05. The average Bonchev–Trinajstić information content (AvgIpc) is 3.39. The average molecular weight is 367 g/mol. The molecule has 4 aromatic rings. The number of carbonyl (C=O) groups excluding carboxylic acids is 1. The standard InChI is InChI=1S/C18H17N5O4/c1-11-14(12(2)23-18(21-11)19-10-20-23)5-6-17(24)26-9-13-8-16(27-22-13)15-4-3-7-25-15/h3-4,7-8,10H,5-6,9H2,1-2H3. The zero-order valence-corrected chi connectivity index (χ0v) is 14.9. The Kier molecular flexibility index (Phi) is 4.41. The number of hydrogen-bond acceptors (Lipinski definition) is 8. The summed E-state index contributed by atoms with van der Waals surface area (Å²) >= 11 is 0. The van der Waals surface area contributed by atoms with Crippen LogP contribution in [0.3, 0.4) is 0 Å². The van der Waals surface area contributed by atoms with E-state index in [9.17, 15) is 4.79 Å². The monoisotopic (exact) mass is 367 g/mol. The van der Waals surface area contributed by atoms with Crippen molar-refractivity contribution in [3.63, 3.8) is 0 Å². The van der Waals surface area contributed by atoms with Crippen molar-refractivity contribution < 1.29 is 18.5 Å². The molecule has 0 saturated heterocycles. The lowest BCUT2D eigenvalue weighted by molar-refractivity contribution is -0.145. The lowest BCUT2D eigenvalue weighted by Gasteiger charge is -2.10. The molecule has 0 unspecified atom stereocenters. The Morgan fingerprint density at radius 2 is 2.19 bits per heavy atom. The summed E-state index contributed by atoms with van der Waals surface area (Å²) in [6.45, 7) is 3.87. The van der Waals surface area contributed by atoms with Crippen LogP contribution in [0.2, 0.25) is 0 Å². The Morgan fingerprint density at radius 1 is 1.30 bits per heavy atom. The molecule has 0 radical (unpaired) electrons. The Morgan fingerprint density at radius 3 is 3.00 bits per heavy atom. The van der Waals surface area contributed by atoms with E-state index in [0.29, 0.717) is 29.4 Å². The minimum atomic E-state index is -0.324. The molecule has 0 aromatic carbocycles. The van der Waals surface area contributed by atoms with Crippen LogP contribution in [-0.4, -0.2) is 30.7 Å². The van der Waals surface area contributed by atoms with Gasteiger partial charge in [-0.3, -0.25) is 4.79 Å². The molecule has 4 heterocycles. The van der Waals surface area contributed by atoms with Gasteiger partial charge in [-0.05, 0) is 38.0 Å². The van der Waals surface area contributed by atoms with Gasteiger partial charge < -0.3 is 13.7 Å². The summed E-state index contributed by atoms with van der Waals surface area (Å²) in [5, 5.41) is 8.03. The molecule has 0 spiro atoms. The summed E-state index contributed by atoms with van der Waals surface area (Å²) in [6, 6.07) is 5.21. The van der Waals surface area contributed by atoms with Crippen LogP contribution in [-0.2, 0) is 22.6 Å². The number of hydrogen-bond donors (Lipinski definition) is 0. The molecule has 0 fully saturated rings. The second-order valence-corrected chi connectivity index (χ2v) is 6.05. The third-order valence-corrected chi connectivity index (χ3v) is 4.27. The Labute approximate surface area is 154 Å². The molecule has 0 bridgehead atoms. The first-order chi connectivity index (χ1) is 13.1. The van der Waals surface area contributed by atoms with Gasteiger partial charge in [-0.15, -0.1) is 0 Å². The first-order valence-corrected chi connectivity index (χ1v) is 8.42. The van der Waals surface area contributed by atoms with Gasteiger partial charge in [-0.2, -0.15) is 10.1 Å². The van der Waals surface area contributed by atoms with Crippen molar-refractivity contribution in [2.45, 2.75) is 33.3 Å². The predicted octanol–water partition coefficient (Wildman–Crippen LogP) is 2.67. The fourth-order valence-corrected chi connectivity index (χ4v) is 2.89. The molecular weight excluding hydrogens is 350 g/mol. The molecule has 9 nitrogen and oxygen atoms in total. The molecule has 4 rings (SSSR count). The van der Waals surface area contributed by atoms with Crippen molar-refractivity contribution in [3.8, 4) is 11.5 Å². The van der Waals surface area contributed by atoms with Gasteiger partial charge >= 0.3 is 5.97 Å². The number of carbonyl (C=O) groups is 1. The zero-order valence-electron chi connectivity index (χ0n) is 14.9. The number of fused-ring (bicyclic) bond motifs is 1. The predicted molar refractivity (Wildman–Crippen MR) is 92.6 cm³/mol. The van der Waals surface area contributed by atoms with E-state index in [2.05, 4.69) is 20.2 Å². The van der Waals surface area contributed by atoms with E-state index in [0.717, 1.165) is 17.0 Å². The van der Waals surface area contributed by atoms with Crippen LogP contribution >= 0.6 is 0 Å². The van der Waals surface area contributed by atoms with Gasteiger partial charge in [-0.1, -0.05) is 5.16 Å². The molecule has 27 heavy (non-hydrogen) atoms. The van der Waals surface area contributed by atoms with Gasteiger partial charge in [0.2, 0.25) is 5.76 Å². The van der Waals surface area contributed by atoms with Crippen LogP contribution in [0.1, 0.15) is 29.1 Å². The molecule has 0 aliphatic rings. The lowest BCUT2D eigenvalue weighted by Crippen LogP contribution is -2.10. The van der Waals surface area contributed by atoms with Crippen molar-refractivity contribution in [3.05, 3.63) is 53.4 Å². The molecule has 138 valence electrons. The molecule has 0 aliphatic carbocycles. The summed E-state index contributed by atoms with van der Waals surface area (Å²) in [7, 11) is 0. The molecule has 0 aliphatic heterocycles. The molecular formula is C18H17N5O4. The topological polar surface area (TPSA) is 109 Å². The molecule has 0 saturated carbocycles. The van der Waals surface area contributed by atoms with E-state index < -0.39 is 0 Å². The summed E-state index contributed by atoms with van der Waals surface area (Å²) < 4.78 is 17.4. The number of nitrogens with zero attached hydrogens (tertiary/aromatic N) is 5. The smallest absolute Gasteiger partial charge is 0.306 e. The lowest BCUT2D eigenvalue weighted by atomic mass is 10.1. The number of rotatable bonds is 6. The summed E-state index contributed by atoms with van der Waals surface area (Å²) in [5.74, 6) is 1.29. The maximum Gasteiger partial charge on any atom is 0.306 e. The Balaban J connectivity index is 1.35. The van der Waals surface area contributed by atoms with Crippen LogP contribution in [0.15, 0.2) is 39.7 Å². The van der Waals surface area contributed by atoms with Gasteiger partial charge in [0.1, 0.15) is 18.6 Å². The highest BCUT2D eigenvalue weighted by Gasteiger charge is 2.14. The van der Waals surface area contributed by atoms with E-state index in [-0.39, 0.29) is 19.0 Å². The maximum absolute atomic E-state index is 12.1. The van der Waals surface area contributed by atoms with Crippen molar-refractivity contribution in [2.75, 3.05) is 0 Å². The number of ether oxygens (including phenoxy) is 1. The molecule has 4 aromatic heterocycles. The number of esters is 1. The van der Waals surface area contributed by atoms with E-state index in [1.165, 1.54) is 6.33 Å². The largest absolute Gasteiger partial charge is 0.461 e. The van der Waals surface area contributed by atoms with Gasteiger partial charge in [-0.25, -0.2) is 9.50 Å². The summed E-state index contributed by atoms with van der Waals surface area (Å²) in [4.78, 5) is 20.6. The first kappa shape index (κ1) is 17.0. The van der Waals surface area contributed by atoms with Crippen molar-refractivity contribution in [1.29, 1.82) is 0 Å². The van der Waals surface area contributed by atoms with E-state index >= 15 is 0 Å². The van der Waals surface area contributed by atoms with Crippen LogP contribution in [0, 0.1) is 13.8 Å². The van der Waals surface area contributed by atoms with Crippen LogP contribution < -0.4 is 0 Å². The SMILES string of the molecule is Cc1nc2ncnn2c(C)c1CCC(=O)OCc1cc(-c2ccco2)on1. The van der Waals surface area contributed by atoms with E-state index in [1.54, 1.807) is 29.0 Å². The molecule has 0 amide bonds. The van der Waals surface area contributed by atoms with Crippen LogP contribution in [0.25, 0.3) is 17.3 Å². The van der Waals surface area contributed by atoms with Gasteiger partial charge in [0.25, 0.3) is 5.78 Å². The van der Waals surface area contributed by atoms with E-state index in [1.807, 2.05) is 13.8 Å². The minimum absolute atomic E-state index is 0.0430. The Bertz CT molecular complexity index is 1080. The fourth-order valence-electron chi connectivity index (χ4n) is 2.89. The Hall–Kier alpha value is -3.49. The third kappa shape index (κ3) is 3.43.